The molecule has 1 aromatic rings. The summed E-state index contributed by atoms with van der Waals surface area (Å²) in [5.74, 6) is -0.429. The fraction of sp³-hybridized carbons (Fsp3) is 0.462. The predicted octanol–water partition coefficient (Wildman–Crippen LogP) is -1.62. The minimum absolute atomic E-state index is 0.0788. The Balaban J connectivity index is 2.16. The molecule has 5 N–H and O–H groups in total. The number of aliphatic hydroxyl groups is 4. The van der Waals surface area contributed by atoms with E-state index in [2.05, 4.69) is 0 Å². The van der Waals surface area contributed by atoms with Crippen LogP contribution in [0.1, 0.15) is 10.4 Å². The summed E-state index contributed by atoms with van der Waals surface area (Å²) in [7, 11) is 0. The molecule has 5 atom stereocenters. The van der Waals surface area contributed by atoms with Crippen molar-refractivity contribution in [3.05, 3.63) is 23.8 Å². The monoisotopic (exact) mass is 300 g/mol. The molecule has 0 aliphatic carbocycles. The average molecular weight is 300 g/mol. The summed E-state index contributed by atoms with van der Waals surface area (Å²) >= 11 is 0. The molecule has 1 aromatic carbocycles. The number of aldehydes is 1. The largest absolute Gasteiger partial charge is 0.504 e. The van der Waals surface area contributed by atoms with Crippen LogP contribution >= 0.6 is 0 Å². The number of hydrogen-bond donors (Lipinski definition) is 5. The standard InChI is InChI=1S/C13H16O8/c14-4-6-1-2-8(7(16)3-6)20-13-12(19)11(18)10(17)9(5-15)21-13/h1-4,9-13,15-19H,5H2/t9-,10-,11+,12-,13+/m1/s1. The second-order valence-corrected chi connectivity index (χ2v) is 4.66. The summed E-state index contributed by atoms with van der Waals surface area (Å²) in [6, 6.07) is 3.83. The lowest BCUT2D eigenvalue weighted by atomic mass is 9.99. The summed E-state index contributed by atoms with van der Waals surface area (Å²) in [6.07, 6.45) is -6.60. The van der Waals surface area contributed by atoms with Crippen LogP contribution in [0.15, 0.2) is 18.2 Å². The van der Waals surface area contributed by atoms with Crippen molar-refractivity contribution in [3.63, 3.8) is 0 Å². The smallest absolute Gasteiger partial charge is 0.229 e. The summed E-state index contributed by atoms with van der Waals surface area (Å²) < 4.78 is 10.4. The van der Waals surface area contributed by atoms with Crippen molar-refractivity contribution >= 4 is 6.29 Å². The molecule has 0 radical (unpaired) electrons. The number of hydrogen-bond acceptors (Lipinski definition) is 8. The first-order chi connectivity index (χ1) is 9.97. The number of carbonyl (C=O) groups is 1. The van der Waals surface area contributed by atoms with Gasteiger partial charge in [0.2, 0.25) is 6.29 Å². The first-order valence-electron chi connectivity index (χ1n) is 6.23. The molecule has 21 heavy (non-hydrogen) atoms. The molecular weight excluding hydrogens is 284 g/mol. The molecular formula is C13H16O8. The SMILES string of the molecule is O=Cc1ccc(O[C@H]2O[C@H](CO)[C@@H](O)[C@H](O)[C@H]2O)c(O)c1. The molecule has 8 nitrogen and oxygen atoms in total. The van der Waals surface area contributed by atoms with Crippen LogP contribution in [0.2, 0.25) is 0 Å². The number of aromatic hydroxyl groups is 1. The number of carbonyl (C=O) groups excluding carboxylic acids is 1. The molecule has 8 heteroatoms. The number of rotatable bonds is 4. The number of phenolic OH excluding ortho intramolecular Hbond substituents is 1. The van der Waals surface area contributed by atoms with Gasteiger partial charge in [0, 0.05) is 5.56 Å². The van der Waals surface area contributed by atoms with E-state index in [9.17, 15) is 25.2 Å². The molecule has 0 unspecified atom stereocenters. The normalized spacial score (nSPS) is 32.7. The number of ether oxygens (including phenoxy) is 2. The molecule has 116 valence electrons. The summed E-state index contributed by atoms with van der Waals surface area (Å²) in [4.78, 5) is 10.6. The molecule has 0 aromatic heterocycles. The van der Waals surface area contributed by atoms with E-state index < -0.39 is 37.3 Å². The zero-order chi connectivity index (χ0) is 15.6. The Morgan fingerprint density at radius 1 is 1.19 bits per heavy atom. The molecule has 0 bridgehead atoms. The van der Waals surface area contributed by atoms with E-state index in [1.54, 1.807) is 0 Å². The lowest BCUT2D eigenvalue weighted by Crippen LogP contribution is -2.60. The van der Waals surface area contributed by atoms with Crippen molar-refractivity contribution < 1.29 is 39.8 Å². The Kier molecular flexibility index (Phi) is 4.76. The van der Waals surface area contributed by atoms with Gasteiger partial charge in [-0.3, -0.25) is 4.79 Å². The van der Waals surface area contributed by atoms with Crippen molar-refractivity contribution in [2.24, 2.45) is 0 Å². The van der Waals surface area contributed by atoms with Crippen molar-refractivity contribution in [1.29, 1.82) is 0 Å². The highest BCUT2D eigenvalue weighted by molar-refractivity contribution is 5.76. The number of benzene rings is 1. The topological polar surface area (TPSA) is 137 Å². The third-order valence-electron chi connectivity index (χ3n) is 3.21. The van der Waals surface area contributed by atoms with Crippen LogP contribution in [0.25, 0.3) is 0 Å². The van der Waals surface area contributed by atoms with Crippen LogP contribution in [0.5, 0.6) is 11.5 Å². The second kappa shape index (κ2) is 6.37. The lowest BCUT2D eigenvalue weighted by Gasteiger charge is -2.39. The van der Waals surface area contributed by atoms with Crippen LogP contribution in [-0.4, -0.2) is 69.1 Å². The van der Waals surface area contributed by atoms with Crippen molar-refractivity contribution in [1.82, 2.24) is 0 Å². The van der Waals surface area contributed by atoms with E-state index in [0.29, 0.717) is 6.29 Å². The second-order valence-electron chi connectivity index (χ2n) is 4.66. The van der Waals surface area contributed by atoms with E-state index in [1.165, 1.54) is 12.1 Å². The fourth-order valence-electron chi connectivity index (χ4n) is 2.00. The maximum absolute atomic E-state index is 10.6. The molecule has 0 saturated carbocycles. The highest BCUT2D eigenvalue weighted by Crippen LogP contribution is 2.30. The van der Waals surface area contributed by atoms with Crippen molar-refractivity contribution in [2.45, 2.75) is 30.7 Å². The Morgan fingerprint density at radius 2 is 1.90 bits per heavy atom. The Labute approximate surface area is 119 Å². The van der Waals surface area contributed by atoms with E-state index in [-0.39, 0.29) is 17.1 Å². The zero-order valence-corrected chi connectivity index (χ0v) is 10.9. The molecule has 2 rings (SSSR count). The first-order valence-corrected chi connectivity index (χ1v) is 6.23. The van der Waals surface area contributed by atoms with Crippen LogP contribution in [0.3, 0.4) is 0 Å². The Bertz CT molecular complexity index is 503. The minimum atomic E-state index is -1.58. The van der Waals surface area contributed by atoms with Gasteiger partial charge in [0.15, 0.2) is 11.5 Å². The van der Waals surface area contributed by atoms with E-state index in [4.69, 9.17) is 14.6 Å². The third-order valence-corrected chi connectivity index (χ3v) is 3.21. The maximum Gasteiger partial charge on any atom is 0.229 e. The quantitative estimate of drug-likeness (QED) is 0.419. The Hall–Kier alpha value is -1.71. The van der Waals surface area contributed by atoms with Gasteiger partial charge in [0.25, 0.3) is 0 Å². The van der Waals surface area contributed by atoms with Crippen LogP contribution in [0, 0.1) is 0 Å². The fourth-order valence-corrected chi connectivity index (χ4v) is 2.00. The van der Waals surface area contributed by atoms with E-state index >= 15 is 0 Å². The predicted molar refractivity (Wildman–Crippen MR) is 67.9 cm³/mol. The third kappa shape index (κ3) is 3.14. The van der Waals surface area contributed by atoms with Gasteiger partial charge in [-0.1, -0.05) is 0 Å². The molecule has 1 aliphatic heterocycles. The molecule has 0 spiro atoms. The van der Waals surface area contributed by atoms with Crippen molar-refractivity contribution in [2.75, 3.05) is 6.61 Å². The van der Waals surface area contributed by atoms with Gasteiger partial charge in [0.1, 0.15) is 30.7 Å². The van der Waals surface area contributed by atoms with Gasteiger partial charge in [-0.2, -0.15) is 0 Å². The van der Waals surface area contributed by atoms with Crippen LogP contribution in [-0.2, 0) is 4.74 Å². The Morgan fingerprint density at radius 3 is 2.48 bits per heavy atom. The van der Waals surface area contributed by atoms with Gasteiger partial charge >= 0.3 is 0 Å². The minimum Gasteiger partial charge on any atom is -0.504 e. The highest BCUT2D eigenvalue weighted by atomic mass is 16.7. The highest BCUT2D eigenvalue weighted by Gasteiger charge is 2.44. The molecule has 1 saturated heterocycles. The molecule has 0 amide bonds. The molecule has 1 heterocycles. The van der Waals surface area contributed by atoms with Crippen LogP contribution in [0.4, 0.5) is 0 Å². The number of aliphatic hydroxyl groups excluding tert-OH is 4. The van der Waals surface area contributed by atoms with E-state index in [0.717, 1.165) is 6.07 Å². The van der Waals surface area contributed by atoms with Crippen molar-refractivity contribution in [3.8, 4) is 11.5 Å². The maximum atomic E-state index is 10.6. The van der Waals surface area contributed by atoms with Gasteiger partial charge < -0.3 is 35.0 Å². The summed E-state index contributed by atoms with van der Waals surface area (Å²) in [5.41, 5.74) is 0.230. The molecule has 1 fully saturated rings. The lowest BCUT2D eigenvalue weighted by molar-refractivity contribution is -0.277. The zero-order valence-electron chi connectivity index (χ0n) is 10.9. The van der Waals surface area contributed by atoms with Crippen LogP contribution < -0.4 is 4.74 Å². The first kappa shape index (κ1) is 15.7. The summed E-state index contributed by atoms with van der Waals surface area (Å²) in [6.45, 7) is -0.582. The average Bonchev–Trinajstić information content (AvgIpc) is 2.49. The number of phenols is 1. The van der Waals surface area contributed by atoms with E-state index in [1.807, 2.05) is 0 Å². The van der Waals surface area contributed by atoms with Gasteiger partial charge in [0.05, 0.1) is 6.61 Å². The van der Waals surface area contributed by atoms with Gasteiger partial charge in [-0.05, 0) is 18.2 Å². The van der Waals surface area contributed by atoms with Gasteiger partial charge in [-0.15, -0.1) is 0 Å². The molecule has 1 aliphatic rings. The summed E-state index contributed by atoms with van der Waals surface area (Å²) in [5, 5.41) is 47.8. The van der Waals surface area contributed by atoms with Gasteiger partial charge in [-0.25, -0.2) is 0 Å².